The second-order valence-electron chi connectivity index (χ2n) is 9.48. The van der Waals surface area contributed by atoms with Crippen LogP contribution in [0.25, 0.3) is 0 Å². The van der Waals surface area contributed by atoms with Crippen molar-refractivity contribution in [3.8, 4) is 0 Å². The zero-order valence-electron chi connectivity index (χ0n) is 22.0. The Hall–Kier alpha value is -0.690. The lowest BCUT2D eigenvalue weighted by Crippen LogP contribution is -2.49. The molecule has 0 radical (unpaired) electrons. The molecular formula is C27H45ClO6PS+. The summed E-state index contributed by atoms with van der Waals surface area (Å²) in [4.78, 5) is 11.7. The highest BCUT2D eigenvalue weighted by atomic mass is 35.5. The summed E-state index contributed by atoms with van der Waals surface area (Å²) in [7, 11) is -1.61. The van der Waals surface area contributed by atoms with Crippen molar-refractivity contribution >= 4 is 38.7 Å². The van der Waals surface area contributed by atoms with Crippen LogP contribution in [0.2, 0.25) is 5.02 Å². The minimum Gasteiger partial charge on any atom is -0.474 e. The number of ether oxygens (including phenoxy) is 2. The van der Waals surface area contributed by atoms with Crippen molar-refractivity contribution in [2.24, 2.45) is 0 Å². The molecule has 1 rings (SSSR count). The van der Waals surface area contributed by atoms with Gasteiger partial charge in [-0.15, -0.1) is 12.6 Å². The molecule has 0 spiro atoms. The van der Waals surface area contributed by atoms with E-state index in [-0.39, 0.29) is 12.3 Å². The summed E-state index contributed by atoms with van der Waals surface area (Å²) in [6.07, 6.45) is 11.8. The summed E-state index contributed by atoms with van der Waals surface area (Å²) in [5.41, 5.74) is -2.23. The fraction of sp³-hybridized carbons (Fsp3) is 0.741. The van der Waals surface area contributed by atoms with Crippen LogP contribution < -0.4 is 0 Å². The van der Waals surface area contributed by atoms with Gasteiger partial charge in [-0.05, 0) is 49.3 Å². The van der Waals surface area contributed by atoms with Crippen LogP contribution in [0, 0.1) is 0 Å². The lowest BCUT2D eigenvalue weighted by molar-refractivity contribution is -0.318. The maximum absolute atomic E-state index is 11.7. The first-order valence-corrected chi connectivity index (χ1v) is 15.1. The van der Waals surface area contributed by atoms with Gasteiger partial charge in [0.1, 0.15) is 5.44 Å². The van der Waals surface area contributed by atoms with Gasteiger partial charge in [0, 0.05) is 11.4 Å². The highest BCUT2D eigenvalue weighted by molar-refractivity contribution is 7.80. The third-order valence-electron chi connectivity index (χ3n) is 6.56. The van der Waals surface area contributed by atoms with Gasteiger partial charge in [0.2, 0.25) is 0 Å². The van der Waals surface area contributed by atoms with Gasteiger partial charge >= 0.3 is 20.0 Å². The van der Waals surface area contributed by atoms with E-state index in [2.05, 4.69) is 26.5 Å². The summed E-state index contributed by atoms with van der Waals surface area (Å²) in [5, 5.41) is 20.6. The molecule has 5 unspecified atom stereocenters. The van der Waals surface area contributed by atoms with Crippen LogP contribution in [0.15, 0.2) is 24.3 Å². The fourth-order valence-corrected chi connectivity index (χ4v) is 5.20. The first kappa shape index (κ1) is 33.3. The van der Waals surface area contributed by atoms with Crippen LogP contribution in [0.5, 0.6) is 0 Å². The van der Waals surface area contributed by atoms with E-state index < -0.39 is 31.2 Å². The van der Waals surface area contributed by atoms with Crippen molar-refractivity contribution < 1.29 is 29.0 Å². The van der Waals surface area contributed by atoms with Gasteiger partial charge in [0.15, 0.2) is 5.79 Å². The van der Waals surface area contributed by atoms with E-state index in [0.717, 1.165) is 37.7 Å². The van der Waals surface area contributed by atoms with Gasteiger partial charge in [0.25, 0.3) is 0 Å². The second kappa shape index (κ2) is 17.8. The largest absolute Gasteiger partial charge is 0.474 e. The van der Waals surface area contributed by atoms with Gasteiger partial charge < -0.3 is 14.9 Å². The molecule has 9 heteroatoms. The molecule has 2 N–H and O–H groups in total. The van der Waals surface area contributed by atoms with Crippen LogP contribution in [0.1, 0.15) is 116 Å². The molecule has 0 saturated heterocycles. The molecule has 0 fully saturated rings. The lowest BCUT2D eigenvalue weighted by Gasteiger charge is -2.37. The molecular weight excluding hydrogens is 519 g/mol. The Labute approximate surface area is 229 Å². The highest BCUT2D eigenvalue weighted by Gasteiger charge is 2.54. The monoisotopic (exact) mass is 563 g/mol. The molecule has 1 aromatic rings. The standard InChI is InChI=1S/C27H44ClO6PS/c1-4-7-8-9-10-11-12-14-24(36)33-26(6-3,34-27(31,35-32)25(29)30)20-19-21(13-5-2)22-15-17-23(28)18-16-22/h15-18,21,24,31,36H,4-14,19-20H2,1-3H3,(H,29,30)/p+1. The molecule has 6 nitrogen and oxygen atoms in total. The lowest BCUT2D eigenvalue weighted by atomic mass is 9.88. The quantitative estimate of drug-likeness (QED) is 0.0603. The zero-order valence-corrected chi connectivity index (χ0v) is 24.7. The minimum atomic E-state index is -2.84. The Bertz CT molecular complexity index is 767. The average molecular weight is 564 g/mol. The smallest absolute Gasteiger partial charge is 0.472 e. The number of carboxylic acids is 1. The number of carboxylic acid groups (broad SMARTS) is 1. The van der Waals surface area contributed by atoms with Crippen molar-refractivity contribution in [1.82, 2.24) is 0 Å². The third-order valence-corrected chi connectivity index (χ3v) is 7.77. The van der Waals surface area contributed by atoms with Gasteiger partial charge in [-0.25, -0.2) is 4.79 Å². The van der Waals surface area contributed by atoms with Crippen LogP contribution in [-0.2, 0) is 18.8 Å². The predicted octanol–water partition coefficient (Wildman–Crippen LogP) is 8.29. The van der Waals surface area contributed by atoms with Crippen LogP contribution in [0.4, 0.5) is 0 Å². The Kier molecular flexibility index (Phi) is 16.4. The summed E-state index contributed by atoms with van der Waals surface area (Å²) >= 11 is 10.7. The summed E-state index contributed by atoms with van der Waals surface area (Å²) in [5.74, 6) is -2.99. The number of hydrogen-bond donors (Lipinski definition) is 3. The topological polar surface area (TPSA) is 93.1 Å². The second-order valence-corrected chi connectivity index (χ2v) is 11.4. The minimum absolute atomic E-state index is 0.166. The highest BCUT2D eigenvalue weighted by Crippen LogP contribution is 2.39. The van der Waals surface area contributed by atoms with E-state index in [1.165, 1.54) is 25.7 Å². The van der Waals surface area contributed by atoms with E-state index in [1.807, 2.05) is 31.2 Å². The number of carbonyl (C=O) groups is 1. The molecule has 1 aromatic carbocycles. The summed E-state index contributed by atoms with van der Waals surface area (Å²) in [6, 6.07) is 7.69. The molecule has 36 heavy (non-hydrogen) atoms. The molecule has 0 aliphatic rings. The number of hydrogen-bond acceptors (Lipinski definition) is 6. The Morgan fingerprint density at radius 1 is 1.00 bits per heavy atom. The predicted molar refractivity (Wildman–Crippen MR) is 150 cm³/mol. The molecule has 0 bridgehead atoms. The van der Waals surface area contributed by atoms with E-state index in [4.69, 9.17) is 21.1 Å². The van der Waals surface area contributed by atoms with E-state index in [0.29, 0.717) is 24.3 Å². The number of benzene rings is 1. The van der Waals surface area contributed by atoms with Gasteiger partial charge in [0.05, 0.1) is 0 Å². The summed E-state index contributed by atoms with van der Waals surface area (Å²) in [6.45, 7) is 6.11. The number of aliphatic hydroxyl groups is 1. The van der Waals surface area contributed by atoms with Crippen molar-refractivity contribution in [3.05, 3.63) is 34.9 Å². The number of unbranched alkanes of at least 4 members (excludes halogenated alkanes) is 6. The molecule has 0 saturated carbocycles. The average Bonchev–Trinajstić information content (AvgIpc) is 2.86. The molecule has 0 aliphatic heterocycles. The molecule has 0 aliphatic carbocycles. The van der Waals surface area contributed by atoms with E-state index in [1.54, 1.807) is 0 Å². The fourth-order valence-electron chi connectivity index (χ4n) is 4.38. The van der Waals surface area contributed by atoms with Gasteiger partial charge in [-0.1, -0.05) is 100 Å². The van der Waals surface area contributed by atoms with Crippen molar-refractivity contribution in [2.45, 2.75) is 127 Å². The number of rotatable bonds is 21. The Morgan fingerprint density at radius 3 is 2.14 bits per heavy atom. The number of halogens is 1. The Balaban J connectivity index is 2.97. The van der Waals surface area contributed by atoms with Crippen molar-refractivity contribution in [1.29, 1.82) is 0 Å². The first-order chi connectivity index (χ1) is 17.1. The molecule has 206 valence electrons. The zero-order chi connectivity index (χ0) is 27.0. The third kappa shape index (κ3) is 11.8. The molecule has 0 amide bonds. The maximum atomic E-state index is 11.7. The van der Waals surface area contributed by atoms with Crippen LogP contribution >= 0.6 is 32.7 Å². The van der Waals surface area contributed by atoms with Crippen molar-refractivity contribution in [2.75, 3.05) is 0 Å². The van der Waals surface area contributed by atoms with Gasteiger partial charge in [-0.2, -0.15) is 0 Å². The Morgan fingerprint density at radius 2 is 1.61 bits per heavy atom. The van der Waals surface area contributed by atoms with Crippen LogP contribution in [-0.4, -0.2) is 32.9 Å². The number of thiol groups is 1. The SMILES string of the molecule is CCCCCCCCCC(S)OC(CC)(CCC(CCC)c1ccc(Cl)cc1)OC(O)([PH+]=O)C(=O)O. The maximum Gasteiger partial charge on any atom is 0.472 e. The summed E-state index contributed by atoms with van der Waals surface area (Å²) < 4.78 is 23.6. The van der Waals surface area contributed by atoms with Gasteiger partial charge in [-0.3, -0.25) is 4.74 Å². The van der Waals surface area contributed by atoms with Crippen molar-refractivity contribution in [3.63, 3.8) is 0 Å². The molecule has 5 atom stereocenters. The van der Waals surface area contributed by atoms with E-state index >= 15 is 0 Å². The first-order valence-electron chi connectivity index (χ1n) is 13.3. The number of aliphatic carboxylic acids is 1. The van der Waals surface area contributed by atoms with Crippen LogP contribution in [0.3, 0.4) is 0 Å². The molecule has 0 aromatic heterocycles. The normalized spacial score (nSPS) is 16.8. The van der Waals surface area contributed by atoms with E-state index in [9.17, 15) is 19.6 Å². The molecule has 0 heterocycles.